The quantitative estimate of drug-likeness (QED) is 0.382. The minimum atomic E-state index is -0.426. The van der Waals surface area contributed by atoms with Gasteiger partial charge in [0.25, 0.3) is 5.56 Å². The Labute approximate surface area is 192 Å². The molecule has 0 aliphatic heterocycles. The lowest BCUT2D eigenvalue weighted by molar-refractivity contribution is 0.223. The Kier molecular flexibility index (Phi) is 8.62. The first-order valence-corrected chi connectivity index (χ1v) is 10.2. The number of aryl methyl sites for hydroxylation is 2. The highest BCUT2D eigenvalue weighted by molar-refractivity contribution is 5.85. The van der Waals surface area contributed by atoms with Crippen LogP contribution in [0.5, 0.6) is 5.75 Å². The molecule has 0 saturated carbocycles. The third-order valence-electron chi connectivity index (χ3n) is 5.30. The minimum absolute atomic E-state index is 0. The molecule has 0 unspecified atom stereocenters. The van der Waals surface area contributed by atoms with E-state index in [4.69, 9.17) is 4.74 Å². The van der Waals surface area contributed by atoms with Crippen molar-refractivity contribution in [3.8, 4) is 5.75 Å². The van der Waals surface area contributed by atoms with Crippen LogP contribution in [-0.2, 0) is 21.1 Å². The van der Waals surface area contributed by atoms with Gasteiger partial charge in [-0.2, -0.15) is 10.1 Å². The van der Waals surface area contributed by atoms with Crippen LogP contribution in [0.2, 0.25) is 0 Å². The normalized spacial score (nSPS) is 11.3. The minimum Gasteiger partial charge on any atom is -0.492 e. The number of benzene rings is 1. The lowest BCUT2D eigenvalue weighted by Gasteiger charge is -2.17. The van der Waals surface area contributed by atoms with Crippen molar-refractivity contribution in [2.24, 2.45) is 26.2 Å². The SMILES string of the molecule is CCN(CC)CCOc1ccc(C=NNc2nc3c(c(=O)n(C)c(=O)n3C)n2C)cc1.Cl. The molecule has 1 aromatic carbocycles. The molecule has 0 aliphatic rings. The highest BCUT2D eigenvalue weighted by Gasteiger charge is 2.16. The van der Waals surface area contributed by atoms with Crippen molar-refractivity contribution in [2.75, 3.05) is 31.7 Å². The van der Waals surface area contributed by atoms with Gasteiger partial charge in [0, 0.05) is 27.7 Å². The standard InChI is InChI=1S/C21H29N7O3.ClH/c1-6-28(7-2)12-13-31-16-10-8-15(9-11-16)14-22-24-20-23-18-17(25(20)3)19(29)27(5)21(30)26(18)4;/h8-11,14H,6-7,12-13H2,1-5H3,(H,23,24);1H. The van der Waals surface area contributed by atoms with Crippen molar-refractivity contribution >= 4 is 35.7 Å². The highest BCUT2D eigenvalue weighted by Crippen LogP contribution is 2.14. The Bertz CT molecular complexity index is 1190. The summed E-state index contributed by atoms with van der Waals surface area (Å²) in [6, 6.07) is 7.62. The molecule has 2 aromatic heterocycles. The van der Waals surface area contributed by atoms with E-state index in [1.807, 2.05) is 24.3 Å². The molecule has 11 heteroatoms. The summed E-state index contributed by atoms with van der Waals surface area (Å²) in [5, 5.41) is 4.21. The molecule has 0 saturated heterocycles. The van der Waals surface area contributed by atoms with Gasteiger partial charge in [0.2, 0.25) is 5.95 Å². The van der Waals surface area contributed by atoms with Crippen molar-refractivity contribution < 1.29 is 4.74 Å². The van der Waals surface area contributed by atoms with Crippen molar-refractivity contribution in [2.45, 2.75) is 13.8 Å². The summed E-state index contributed by atoms with van der Waals surface area (Å²) < 4.78 is 9.77. The predicted octanol–water partition coefficient (Wildman–Crippen LogP) is 1.56. The van der Waals surface area contributed by atoms with E-state index in [2.05, 4.69) is 34.3 Å². The van der Waals surface area contributed by atoms with E-state index in [9.17, 15) is 9.59 Å². The number of nitrogens with one attached hydrogen (secondary N) is 1. The Morgan fingerprint density at radius 2 is 1.72 bits per heavy atom. The smallest absolute Gasteiger partial charge is 0.332 e. The molecular formula is C21H30ClN7O3. The monoisotopic (exact) mass is 463 g/mol. The molecule has 0 amide bonds. The molecular weight excluding hydrogens is 434 g/mol. The average Bonchev–Trinajstić information content (AvgIpc) is 3.11. The maximum atomic E-state index is 12.4. The van der Waals surface area contributed by atoms with Gasteiger partial charge >= 0.3 is 5.69 Å². The van der Waals surface area contributed by atoms with Gasteiger partial charge in [0.15, 0.2) is 11.2 Å². The van der Waals surface area contributed by atoms with E-state index in [1.165, 1.54) is 11.6 Å². The molecule has 0 fully saturated rings. The number of hydrogen-bond donors (Lipinski definition) is 1. The van der Waals surface area contributed by atoms with Crippen LogP contribution in [0, 0.1) is 0 Å². The van der Waals surface area contributed by atoms with E-state index in [0.29, 0.717) is 23.7 Å². The van der Waals surface area contributed by atoms with E-state index >= 15 is 0 Å². The van der Waals surface area contributed by atoms with Crippen LogP contribution in [0.25, 0.3) is 11.2 Å². The van der Waals surface area contributed by atoms with Gasteiger partial charge in [-0.05, 0) is 42.9 Å². The fraction of sp³-hybridized carbons (Fsp3) is 0.429. The summed E-state index contributed by atoms with van der Waals surface area (Å²) in [4.78, 5) is 31.2. The van der Waals surface area contributed by atoms with Crippen LogP contribution in [0.1, 0.15) is 19.4 Å². The van der Waals surface area contributed by atoms with Crippen LogP contribution in [0.15, 0.2) is 39.0 Å². The maximum absolute atomic E-state index is 12.4. The summed E-state index contributed by atoms with van der Waals surface area (Å²) in [5.74, 6) is 1.17. The molecule has 0 spiro atoms. The van der Waals surface area contributed by atoms with Crippen LogP contribution in [0.3, 0.4) is 0 Å². The van der Waals surface area contributed by atoms with Crippen molar-refractivity contribution in [1.29, 1.82) is 0 Å². The first-order chi connectivity index (χ1) is 14.9. The second-order valence-corrected chi connectivity index (χ2v) is 7.19. The molecule has 2 heterocycles. The zero-order chi connectivity index (χ0) is 22.5. The fourth-order valence-corrected chi connectivity index (χ4v) is 3.27. The lowest BCUT2D eigenvalue weighted by atomic mass is 10.2. The molecule has 0 bridgehead atoms. The Morgan fingerprint density at radius 1 is 1.06 bits per heavy atom. The number of halogens is 1. The summed E-state index contributed by atoms with van der Waals surface area (Å²) in [5.41, 5.74) is 3.53. The third-order valence-corrected chi connectivity index (χ3v) is 5.30. The Morgan fingerprint density at radius 3 is 2.34 bits per heavy atom. The number of imidazole rings is 1. The van der Waals surface area contributed by atoms with E-state index in [1.54, 1.807) is 24.9 Å². The topological polar surface area (TPSA) is 98.7 Å². The molecule has 3 aromatic rings. The van der Waals surface area contributed by atoms with Crippen molar-refractivity contribution in [3.63, 3.8) is 0 Å². The number of hydrazone groups is 1. The molecule has 1 N–H and O–H groups in total. The average molecular weight is 464 g/mol. The van der Waals surface area contributed by atoms with Gasteiger partial charge < -0.3 is 14.2 Å². The van der Waals surface area contributed by atoms with E-state index in [-0.39, 0.29) is 12.4 Å². The van der Waals surface area contributed by atoms with Crippen LogP contribution in [-0.4, -0.2) is 56.0 Å². The molecule has 0 radical (unpaired) electrons. The van der Waals surface area contributed by atoms with Gasteiger partial charge in [-0.15, -0.1) is 12.4 Å². The molecule has 3 rings (SSSR count). The zero-order valence-electron chi connectivity index (χ0n) is 19.0. The number of nitrogens with zero attached hydrogens (tertiary/aromatic N) is 6. The van der Waals surface area contributed by atoms with Gasteiger partial charge in [-0.25, -0.2) is 10.2 Å². The van der Waals surface area contributed by atoms with Crippen molar-refractivity contribution in [3.05, 3.63) is 50.7 Å². The number of ether oxygens (including phenoxy) is 1. The van der Waals surface area contributed by atoms with Crippen LogP contribution >= 0.6 is 12.4 Å². The maximum Gasteiger partial charge on any atom is 0.332 e. The molecule has 32 heavy (non-hydrogen) atoms. The predicted molar refractivity (Wildman–Crippen MR) is 129 cm³/mol. The number of anilines is 1. The van der Waals surface area contributed by atoms with E-state index in [0.717, 1.165) is 35.5 Å². The van der Waals surface area contributed by atoms with Crippen LogP contribution < -0.4 is 21.4 Å². The summed E-state index contributed by atoms with van der Waals surface area (Å²) in [6.07, 6.45) is 1.65. The second kappa shape index (κ2) is 11.0. The summed E-state index contributed by atoms with van der Waals surface area (Å²) >= 11 is 0. The van der Waals surface area contributed by atoms with Gasteiger partial charge in [-0.1, -0.05) is 13.8 Å². The molecule has 174 valence electrons. The van der Waals surface area contributed by atoms with Gasteiger partial charge in [-0.3, -0.25) is 13.9 Å². The molecule has 0 atom stereocenters. The summed E-state index contributed by atoms with van der Waals surface area (Å²) in [7, 11) is 4.72. The second-order valence-electron chi connectivity index (χ2n) is 7.19. The highest BCUT2D eigenvalue weighted by atomic mass is 35.5. The zero-order valence-corrected chi connectivity index (χ0v) is 19.8. The fourth-order valence-electron chi connectivity index (χ4n) is 3.27. The summed E-state index contributed by atoms with van der Waals surface area (Å²) in [6.45, 7) is 7.84. The largest absolute Gasteiger partial charge is 0.492 e. The number of aromatic nitrogens is 4. The van der Waals surface area contributed by atoms with Gasteiger partial charge in [0.1, 0.15) is 12.4 Å². The number of fused-ring (bicyclic) bond motifs is 1. The molecule has 10 nitrogen and oxygen atoms in total. The first kappa shape index (κ1) is 25.2. The number of hydrogen-bond acceptors (Lipinski definition) is 7. The van der Waals surface area contributed by atoms with Crippen LogP contribution in [0.4, 0.5) is 5.95 Å². The Balaban J connectivity index is 0.00000363. The lowest BCUT2D eigenvalue weighted by Crippen LogP contribution is -2.37. The Hall–Kier alpha value is -3.11. The van der Waals surface area contributed by atoms with E-state index < -0.39 is 11.2 Å². The first-order valence-electron chi connectivity index (χ1n) is 10.2. The van der Waals surface area contributed by atoms with Crippen molar-refractivity contribution in [1.82, 2.24) is 23.6 Å². The third kappa shape index (κ3) is 5.20. The number of likely N-dealkylation sites (N-methyl/N-ethyl adjacent to an activating group) is 1. The number of rotatable bonds is 9. The molecule has 0 aliphatic carbocycles. The van der Waals surface area contributed by atoms with Gasteiger partial charge in [0.05, 0.1) is 6.21 Å².